The van der Waals surface area contributed by atoms with Crippen molar-refractivity contribution in [2.24, 2.45) is 0 Å². The van der Waals surface area contributed by atoms with Crippen LogP contribution in [0, 0.1) is 0 Å². The summed E-state index contributed by atoms with van der Waals surface area (Å²) >= 11 is 12.0. The number of hydrogen-bond donors (Lipinski definition) is 1. The van der Waals surface area contributed by atoms with Gasteiger partial charge in [0, 0.05) is 11.6 Å². The number of amides is 1. The highest BCUT2D eigenvalue weighted by atomic mass is 35.5. The van der Waals surface area contributed by atoms with E-state index < -0.39 is 11.5 Å². The third-order valence-corrected chi connectivity index (χ3v) is 4.87. The van der Waals surface area contributed by atoms with Gasteiger partial charge >= 0.3 is 0 Å². The fraction of sp³-hybridized carbons (Fsp3) is 0.105. The largest absolute Gasteiger partial charge is 0.454 e. The summed E-state index contributed by atoms with van der Waals surface area (Å²) in [6.07, 6.45) is 0. The van der Waals surface area contributed by atoms with E-state index >= 15 is 0 Å². The van der Waals surface area contributed by atoms with Crippen molar-refractivity contribution in [1.82, 2.24) is 9.78 Å². The monoisotopic (exact) mass is 417 g/mol. The molecule has 0 fully saturated rings. The molecular weight excluding hydrogens is 405 g/mol. The molecule has 1 aliphatic rings. The molecule has 1 amide bonds. The average Bonchev–Trinajstić information content (AvgIpc) is 3.15. The molecule has 28 heavy (non-hydrogen) atoms. The summed E-state index contributed by atoms with van der Waals surface area (Å²) in [6, 6.07) is 13.2. The molecule has 0 saturated carbocycles. The Labute approximate surface area is 169 Å². The number of hydrogen-bond acceptors (Lipinski definition) is 5. The third-order valence-electron chi connectivity index (χ3n) is 4.05. The van der Waals surface area contributed by atoms with Crippen LogP contribution in [-0.2, 0) is 11.3 Å². The van der Waals surface area contributed by atoms with E-state index in [1.54, 1.807) is 42.5 Å². The van der Waals surface area contributed by atoms with Gasteiger partial charge in [-0.15, -0.1) is 0 Å². The van der Waals surface area contributed by atoms with E-state index in [4.69, 9.17) is 32.7 Å². The van der Waals surface area contributed by atoms with Gasteiger partial charge in [0.05, 0.1) is 21.4 Å². The van der Waals surface area contributed by atoms with E-state index in [9.17, 15) is 9.59 Å². The van der Waals surface area contributed by atoms with Crippen molar-refractivity contribution in [1.29, 1.82) is 0 Å². The Balaban J connectivity index is 1.56. The van der Waals surface area contributed by atoms with Gasteiger partial charge in [0.25, 0.3) is 5.56 Å². The molecule has 0 aliphatic carbocycles. The lowest BCUT2D eigenvalue weighted by atomic mass is 10.1. The number of rotatable bonds is 4. The van der Waals surface area contributed by atoms with Crippen LogP contribution in [0.1, 0.15) is 0 Å². The highest BCUT2D eigenvalue weighted by molar-refractivity contribution is 6.43. The first-order chi connectivity index (χ1) is 13.5. The highest BCUT2D eigenvalue weighted by Gasteiger charge is 2.15. The van der Waals surface area contributed by atoms with Gasteiger partial charge in [0.2, 0.25) is 12.7 Å². The standard InChI is InChI=1S/C19H13Cl2N3O4/c20-12-2-1-3-14(19(12)21)22-17(25)9-24-18(26)7-5-13(23-24)11-4-6-15-16(8-11)28-10-27-15/h1-8H,9-10H2,(H,22,25). The quantitative estimate of drug-likeness (QED) is 0.701. The lowest BCUT2D eigenvalue weighted by molar-refractivity contribution is -0.117. The van der Waals surface area contributed by atoms with Crippen LogP contribution in [0.2, 0.25) is 10.0 Å². The molecule has 9 heteroatoms. The molecule has 1 N–H and O–H groups in total. The van der Waals surface area contributed by atoms with Gasteiger partial charge in [-0.3, -0.25) is 9.59 Å². The molecule has 2 heterocycles. The molecule has 2 aromatic carbocycles. The average molecular weight is 418 g/mol. The number of anilines is 1. The van der Waals surface area contributed by atoms with Gasteiger partial charge < -0.3 is 14.8 Å². The second kappa shape index (κ2) is 7.53. The number of carbonyl (C=O) groups excluding carboxylic acids is 1. The maximum Gasteiger partial charge on any atom is 0.267 e. The van der Waals surface area contributed by atoms with Crippen molar-refractivity contribution < 1.29 is 14.3 Å². The van der Waals surface area contributed by atoms with E-state index in [0.29, 0.717) is 27.9 Å². The summed E-state index contributed by atoms with van der Waals surface area (Å²) in [5.74, 6) is 0.793. The molecule has 4 rings (SSSR count). The summed E-state index contributed by atoms with van der Waals surface area (Å²) in [7, 11) is 0. The maximum atomic E-state index is 12.3. The van der Waals surface area contributed by atoms with Crippen LogP contribution in [-0.4, -0.2) is 22.5 Å². The highest BCUT2D eigenvalue weighted by Crippen LogP contribution is 2.35. The Morgan fingerprint density at radius 3 is 2.79 bits per heavy atom. The van der Waals surface area contributed by atoms with E-state index in [1.807, 2.05) is 0 Å². The number of aromatic nitrogens is 2. The molecule has 0 atom stereocenters. The first-order valence-electron chi connectivity index (χ1n) is 8.23. The predicted octanol–water partition coefficient (Wildman–Crippen LogP) is 3.58. The fourth-order valence-electron chi connectivity index (χ4n) is 2.70. The lowest BCUT2D eigenvalue weighted by Crippen LogP contribution is -2.29. The molecule has 0 radical (unpaired) electrons. The number of benzene rings is 2. The van der Waals surface area contributed by atoms with Crippen molar-refractivity contribution in [2.75, 3.05) is 12.1 Å². The van der Waals surface area contributed by atoms with Crippen LogP contribution >= 0.6 is 23.2 Å². The van der Waals surface area contributed by atoms with Gasteiger partial charge in [0.15, 0.2) is 11.5 Å². The zero-order valence-electron chi connectivity index (χ0n) is 14.3. The van der Waals surface area contributed by atoms with Crippen LogP contribution in [0.4, 0.5) is 5.69 Å². The smallest absolute Gasteiger partial charge is 0.267 e. The molecule has 3 aromatic rings. The summed E-state index contributed by atoms with van der Waals surface area (Å²) in [5.41, 5.74) is 1.21. The second-order valence-corrected chi connectivity index (χ2v) is 6.72. The second-order valence-electron chi connectivity index (χ2n) is 5.93. The maximum absolute atomic E-state index is 12.3. The number of ether oxygens (including phenoxy) is 2. The van der Waals surface area contributed by atoms with Crippen LogP contribution in [0.5, 0.6) is 11.5 Å². The van der Waals surface area contributed by atoms with Crippen molar-refractivity contribution in [3.8, 4) is 22.8 Å². The number of nitrogens with zero attached hydrogens (tertiary/aromatic N) is 2. The Kier molecular flexibility index (Phi) is 4.93. The Bertz CT molecular complexity index is 1130. The number of nitrogens with one attached hydrogen (secondary N) is 1. The minimum Gasteiger partial charge on any atom is -0.454 e. The Morgan fingerprint density at radius 2 is 1.93 bits per heavy atom. The van der Waals surface area contributed by atoms with Crippen LogP contribution in [0.15, 0.2) is 53.3 Å². The minimum absolute atomic E-state index is 0.165. The van der Waals surface area contributed by atoms with Crippen molar-refractivity contribution in [2.45, 2.75) is 6.54 Å². The van der Waals surface area contributed by atoms with Gasteiger partial charge in [-0.25, -0.2) is 4.68 Å². The number of halogens is 2. The molecule has 0 unspecified atom stereocenters. The molecule has 0 saturated heterocycles. The summed E-state index contributed by atoms with van der Waals surface area (Å²) in [5, 5.41) is 7.45. The molecule has 1 aliphatic heterocycles. The number of fused-ring (bicyclic) bond motifs is 1. The van der Waals surface area contributed by atoms with E-state index in [-0.39, 0.29) is 18.4 Å². The van der Waals surface area contributed by atoms with Gasteiger partial charge in [0.1, 0.15) is 6.54 Å². The molecule has 0 spiro atoms. The molecule has 142 valence electrons. The zero-order valence-corrected chi connectivity index (χ0v) is 15.8. The van der Waals surface area contributed by atoms with Crippen molar-refractivity contribution in [3.05, 3.63) is 68.9 Å². The van der Waals surface area contributed by atoms with Gasteiger partial charge in [-0.1, -0.05) is 29.3 Å². The van der Waals surface area contributed by atoms with Crippen LogP contribution in [0.25, 0.3) is 11.3 Å². The van der Waals surface area contributed by atoms with Gasteiger partial charge in [-0.2, -0.15) is 5.10 Å². The van der Waals surface area contributed by atoms with Crippen molar-refractivity contribution >= 4 is 34.8 Å². The first kappa shape index (κ1) is 18.3. The Morgan fingerprint density at radius 1 is 1.11 bits per heavy atom. The van der Waals surface area contributed by atoms with Crippen LogP contribution in [0.3, 0.4) is 0 Å². The molecule has 1 aromatic heterocycles. The van der Waals surface area contributed by atoms with E-state index in [0.717, 1.165) is 10.2 Å². The summed E-state index contributed by atoms with van der Waals surface area (Å²) in [4.78, 5) is 24.5. The van der Waals surface area contributed by atoms with Crippen LogP contribution < -0.4 is 20.3 Å². The number of carbonyl (C=O) groups is 1. The molecule has 0 bridgehead atoms. The molecular formula is C19H13Cl2N3O4. The van der Waals surface area contributed by atoms with Crippen molar-refractivity contribution in [3.63, 3.8) is 0 Å². The summed E-state index contributed by atoms with van der Waals surface area (Å²) < 4.78 is 11.7. The molecule has 7 nitrogen and oxygen atoms in total. The first-order valence-corrected chi connectivity index (χ1v) is 8.99. The Hall–Kier alpha value is -3.03. The topological polar surface area (TPSA) is 82.5 Å². The third kappa shape index (κ3) is 3.67. The van der Waals surface area contributed by atoms with E-state index in [1.165, 1.54) is 6.07 Å². The SMILES string of the molecule is O=C(Cn1nc(-c2ccc3c(c2)OCO3)ccc1=O)Nc1cccc(Cl)c1Cl. The zero-order chi connectivity index (χ0) is 19.7. The normalized spacial score (nSPS) is 12.1. The minimum atomic E-state index is -0.457. The summed E-state index contributed by atoms with van der Waals surface area (Å²) in [6.45, 7) is -0.113. The van der Waals surface area contributed by atoms with Gasteiger partial charge in [-0.05, 0) is 36.4 Å². The lowest BCUT2D eigenvalue weighted by Gasteiger charge is -2.10. The predicted molar refractivity (Wildman–Crippen MR) is 105 cm³/mol. The fourth-order valence-corrected chi connectivity index (χ4v) is 3.05. The van der Waals surface area contributed by atoms with E-state index in [2.05, 4.69) is 10.4 Å².